The summed E-state index contributed by atoms with van der Waals surface area (Å²) in [5.74, 6) is -3.36. The van der Waals surface area contributed by atoms with Crippen molar-refractivity contribution in [1.29, 1.82) is 0 Å². The van der Waals surface area contributed by atoms with Crippen molar-refractivity contribution in [1.82, 2.24) is 19.6 Å². The maximum Gasteiger partial charge on any atom is 0.276 e. The lowest BCUT2D eigenvalue weighted by Crippen LogP contribution is -2.27. The van der Waals surface area contributed by atoms with E-state index in [1.54, 1.807) is 16.8 Å². The van der Waals surface area contributed by atoms with Gasteiger partial charge in [0.15, 0.2) is 11.6 Å². The van der Waals surface area contributed by atoms with Gasteiger partial charge in [0.25, 0.3) is 11.5 Å². The van der Waals surface area contributed by atoms with E-state index in [4.69, 9.17) is 0 Å². The fourth-order valence-electron chi connectivity index (χ4n) is 4.51. The zero-order valence-corrected chi connectivity index (χ0v) is 19.6. The molecule has 0 unspecified atom stereocenters. The number of halogens is 3. The number of aromatic nitrogens is 4. The van der Waals surface area contributed by atoms with Crippen LogP contribution in [0, 0.1) is 17.6 Å². The molecule has 1 aliphatic rings. The second kappa shape index (κ2) is 9.14. The first kappa shape index (κ1) is 23.6. The summed E-state index contributed by atoms with van der Waals surface area (Å²) in [6, 6.07) is 8.58. The molecule has 1 fully saturated rings. The van der Waals surface area contributed by atoms with Gasteiger partial charge >= 0.3 is 0 Å². The molecule has 0 saturated carbocycles. The number of rotatable bonds is 5. The number of hydrogen-bond acceptors (Lipinski definition) is 5. The summed E-state index contributed by atoms with van der Waals surface area (Å²) in [4.78, 5) is 27.5. The van der Waals surface area contributed by atoms with Crippen molar-refractivity contribution in [2.24, 2.45) is 0 Å². The third-order valence-corrected chi connectivity index (χ3v) is 6.15. The smallest absolute Gasteiger partial charge is 0.276 e. The van der Waals surface area contributed by atoms with Crippen LogP contribution < -0.4 is 15.8 Å². The summed E-state index contributed by atoms with van der Waals surface area (Å²) in [6.07, 6.45) is 1.84. The standard InChI is InChI=1S/C25H23F3N6O2/c1-14(2)33-19-10-8-17(23(21(19)24(28)31-33)32-12-3-4-13-32)29-25(36)18-9-11-20(35)34(30-18)22-15(26)6-5-7-16(22)27/h5-11,14H,3-4,12-13H2,1-2H3,(H,29,36). The number of carbonyl (C=O) groups is 1. The fraction of sp³-hybridized carbons (Fsp3) is 0.280. The highest BCUT2D eigenvalue weighted by molar-refractivity contribution is 6.09. The topological polar surface area (TPSA) is 85.0 Å². The first-order valence-corrected chi connectivity index (χ1v) is 11.6. The van der Waals surface area contributed by atoms with Crippen LogP contribution in [0.1, 0.15) is 43.2 Å². The molecular weight excluding hydrogens is 473 g/mol. The van der Waals surface area contributed by atoms with Crippen LogP contribution in [0.3, 0.4) is 0 Å². The van der Waals surface area contributed by atoms with Crippen molar-refractivity contribution >= 4 is 28.2 Å². The molecule has 1 N–H and O–H groups in total. The van der Waals surface area contributed by atoms with E-state index in [9.17, 15) is 18.4 Å². The monoisotopic (exact) mass is 496 g/mol. The zero-order chi connectivity index (χ0) is 25.6. The number of anilines is 2. The van der Waals surface area contributed by atoms with Crippen LogP contribution in [-0.4, -0.2) is 38.6 Å². The summed E-state index contributed by atoms with van der Waals surface area (Å²) >= 11 is 0. The molecule has 8 nitrogen and oxygen atoms in total. The molecule has 0 aliphatic carbocycles. The molecule has 1 saturated heterocycles. The lowest BCUT2D eigenvalue weighted by Gasteiger charge is -2.23. The van der Waals surface area contributed by atoms with Crippen LogP contribution in [0.25, 0.3) is 16.6 Å². The van der Waals surface area contributed by atoms with E-state index in [1.165, 1.54) is 6.07 Å². The maximum absolute atomic E-state index is 15.1. The molecule has 0 spiro atoms. The van der Waals surface area contributed by atoms with Gasteiger partial charge in [0.05, 0.1) is 22.3 Å². The van der Waals surface area contributed by atoms with E-state index < -0.39 is 34.7 Å². The van der Waals surface area contributed by atoms with Crippen LogP contribution in [0.15, 0.2) is 47.3 Å². The van der Waals surface area contributed by atoms with Crippen molar-refractivity contribution in [2.75, 3.05) is 23.3 Å². The van der Waals surface area contributed by atoms with Crippen molar-refractivity contribution < 1.29 is 18.0 Å². The Morgan fingerprint density at radius 2 is 1.64 bits per heavy atom. The number of para-hydroxylation sites is 1. The van der Waals surface area contributed by atoms with Gasteiger partial charge in [-0.1, -0.05) is 6.07 Å². The van der Waals surface area contributed by atoms with Gasteiger partial charge in [-0.25, -0.2) is 8.78 Å². The van der Waals surface area contributed by atoms with Crippen LogP contribution in [0.2, 0.25) is 0 Å². The molecule has 11 heteroatoms. The minimum Gasteiger partial charge on any atom is -0.369 e. The minimum absolute atomic E-state index is 0.0760. The minimum atomic E-state index is -0.999. The number of carbonyl (C=O) groups excluding carboxylic acids is 1. The molecule has 2 aromatic carbocycles. The van der Waals surface area contributed by atoms with Gasteiger partial charge in [-0.3, -0.25) is 14.3 Å². The molecule has 0 atom stereocenters. The SMILES string of the molecule is CC(C)n1nc(F)c2c(N3CCCC3)c(NC(=O)c3ccc(=O)n(-c4c(F)cccc4F)n3)ccc21. The Labute approximate surface area is 203 Å². The molecule has 36 heavy (non-hydrogen) atoms. The number of nitrogens with one attached hydrogen (secondary N) is 1. The molecule has 5 rings (SSSR count). The van der Waals surface area contributed by atoms with Gasteiger partial charge in [-0.15, -0.1) is 5.10 Å². The zero-order valence-electron chi connectivity index (χ0n) is 19.6. The fourth-order valence-corrected chi connectivity index (χ4v) is 4.51. The first-order chi connectivity index (χ1) is 17.3. The number of nitrogens with zero attached hydrogens (tertiary/aromatic N) is 5. The predicted molar refractivity (Wildman–Crippen MR) is 129 cm³/mol. The van der Waals surface area contributed by atoms with Crippen LogP contribution >= 0.6 is 0 Å². The average Bonchev–Trinajstić information content (AvgIpc) is 3.48. The van der Waals surface area contributed by atoms with E-state index >= 15 is 4.39 Å². The third kappa shape index (κ3) is 4.00. The van der Waals surface area contributed by atoms with Crippen molar-refractivity contribution in [2.45, 2.75) is 32.7 Å². The highest BCUT2D eigenvalue weighted by Crippen LogP contribution is 2.39. The summed E-state index contributed by atoms with van der Waals surface area (Å²) in [5, 5.41) is 11.0. The number of hydrogen-bond donors (Lipinski definition) is 1. The van der Waals surface area contributed by atoms with Crippen molar-refractivity contribution in [3.8, 4) is 5.69 Å². The molecular formula is C25H23F3N6O2. The highest BCUT2D eigenvalue weighted by Gasteiger charge is 2.26. The van der Waals surface area contributed by atoms with E-state index in [0.717, 1.165) is 37.1 Å². The molecule has 0 radical (unpaired) electrons. The van der Waals surface area contributed by atoms with Crippen molar-refractivity contribution in [3.63, 3.8) is 0 Å². The Bertz CT molecular complexity index is 1520. The highest BCUT2D eigenvalue weighted by atomic mass is 19.1. The predicted octanol–water partition coefficient (Wildman–Crippen LogP) is 4.43. The van der Waals surface area contributed by atoms with E-state index in [0.29, 0.717) is 40.0 Å². The van der Waals surface area contributed by atoms with Crippen LogP contribution in [0.4, 0.5) is 24.5 Å². The largest absolute Gasteiger partial charge is 0.369 e. The van der Waals surface area contributed by atoms with Gasteiger partial charge in [0, 0.05) is 25.2 Å². The summed E-state index contributed by atoms with van der Waals surface area (Å²) < 4.78 is 45.7. The number of amides is 1. The van der Waals surface area contributed by atoms with E-state index in [1.807, 2.05) is 18.7 Å². The second-order valence-electron chi connectivity index (χ2n) is 8.87. The lowest BCUT2D eigenvalue weighted by atomic mass is 10.1. The Morgan fingerprint density at radius 3 is 2.31 bits per heavy atom. The van der Waals surface area contributed by atoms with Gasteiger partial charge in [-0.2, -0.15) is 14.2 Å². The quantitative estimate of drug-likeness (QED) is 0.442. The summed E-state index contributed by atoms with van der Waals surface area (Å²) in [5.41, 5.74) is -0.283. The Kier molecular flexibility index (Phi) is 5.99. The Balaban J connectivity index is 1.58. The van der Waals surface area contributed by atoms with Crippen LogP contribution in [-0.2, 0) is 0 Å². The summed E-state index contributed by atoms with van der Waals surface area (Å²) in [7, 11) is 0. The second-order valence-corrected chi connectivity index (χ2v) is 8.87. The normalized spacial score (nSPS) is 13.7. The molecule has 2 aromatic heterocycles. The van der Waals surface area contributed by atoms with Crippen molar-refractivity contribution in [3.05, 3.63) is 76.1 Å². The third-order valence-electron chi connectivity index (χ3n) is 6.15. The van der Waals surface area contributed by atoms with Gasteiger partial charge < -0.3 is 10.2 Å². The van der Waals surface area contributed by atoms with Gasteiger partial charge in [-0.05, 0) is 57.0 Å². The maximum atomic E-state index is 15.1. The average molecular weight is 496 g/mol. The van der Waals surface area contributed by atoms with Gasteiger partial charge in [0.2, 0.25) is 5.95 Å². The summed E-state index contributed by atoms with van der Waals surface area (Å²) in [6.45, 7) is 5.17. The lowest BCUT2D eigenvalue weighted by molar-refractivity contribution is 0.102. The van der Waals surface area contributed by atoms with E-state index in [2.05, 4.69) is 15.5 Å². The molecule has 1 aliphatic heterocycles. The first-order valence-electron chi connectivity index (χ1n) is 11.6. The molecule has 1 amide bonds. The number of benzene rings is 2. The molecule has 186 valence electrons. The van der Waals surface area contributed by atoms with Crippen LogP contribution in [0.5, 0.6) is 0 Å². The Morgan fingerprint density at radius 1 is 0.944 bits per heavy atom. The molecule has 4 aromatic rings. The molecule has 3 heterocycles. The Hall–Kier alpha value is -4.15. The van der Waals surface area contributed by atoms with Gasteiger partial charge in [0.1, 0.15) is 11.4 Å². The molecule has 0 bridgehead atoms. The van der Waals surface area contributed by atoms with E-state index in [-0.39, 0.29) is 11.7 Å². The number of fused-ring (bicyclic) bond motifs is 1.